The summed E-state index contributed by atoms with van der Waals surface area (Å²) >= 11 is 5.98. The summed E-state index contributed by atoms with van der Waals surface area (Å²) in [5, 5.41) is 9.75. The Bertz CT molecular complexity index is 1500. The molecule has 3 N–H and O–H groups in total. The number of hydrazone groups is 1. The highest BCUT2D eigenvalue weighted by molar-refractivity contribution is 7.90. The Morgan fingerprint density at radius 3 is 2.44 bits per heavy atom. The average molecular weight is 523 g/mol. The number of nitrogens with one attached hydrogen (secondary N) is 1. The predicted molar refractivity (Wildman–Crippen MR) is 147 cm³/mol. The summed E-state index contributed by atoms with van der Waals surface area (Å²) in [6, 6.07) is 17.2. The van der Waals surface area contributed by atoms with E-state index in [1.54, 1.807) is 48.7 Å². The minimum absolute atomic E-state index is 0.245. The monoisotopic (exact) mass is 522 g/mol. The molecule has 0 saturated heterocycles. The number of nitrogen functional groups attached to an aromatic ring is 1. The van der Waals surface area contributed by atoms with Crippen molar-refractivity contribution < 1.29 is 13.2 Å². The highest BCUT2D eigenvalue weighted by atomic mass is 35.5. The van der Waals surface area contributed by atoms with Gasteiger partial charge in [-0.25, -0.2) is 13.4 Å². The lowest BCUT2D eigenvalue weighted by atomic mass is 9.89. The van der Waals surface area contributed by atoms with Crippen LogP contribution in [0, 0.1) is 0 Å². The Labute approximate surface area is 216 Å². The topological polar surface area (TPSA) is 105 Å². The van der Waals surface area contributed by atoms with Gasteiger partial charge in [-0.1, -0.05) is 17.7 Å². The van der Waals surface area contributed by atoms with Crippen LogP contribution < -0.4 is 16.1 Å². The van der Waals surface area contributed by atoms with E-state index in [-0.39, 0.29) is 10.8 Å². The average Bonchev–Trinajstić information content (AvgIpc) is 2.84. The van der Waals surface area contributed by atoms with E-state index in [1.165, 1.54) is 6.26 Å². The third-order valence-corrected chi connectivity index (χ3v) is 7.48. The number of nitrogens with zero attached hydrogens (tertiary/aromatic N) is 2. The molecule has 9 heteroatoms. The van der Waals surface area contributed by atoms with Gasteiger partial charge in [0.25, 0.3) is 5.91 Å². The Morgan fingerprint density at radius 2 is 1.81 bits per heavy atom. The summed E-state index contributed by atoms with van der Waals surface area (Å²) < 4.78 is 23.8. The summed E-state index contributed by atoms with van der Waals surface area (Å²) in [7, 11) is -3.31. The molecule has 0 atom stereocenters. The third kappa shape index (κ3) is 5.29. The predicted octanol–water partition coefficient (Wildman–Crippen LogP) is 5.77. The minimum atomic E-state index is -3.31. The van der Waals surface area contributed by atoms with Crippen molar-refractivity contribution >= 4 is 56.3 Å². The SMILES string of the molecule is C/C=N/N(C1=C(C)CCc2ccc(NC(=O)c3ccc(Cl)c(N)c3)cc21)c1ccc(S(C)(=O)=O)cc1. The molecule has 0 aromatic heterocycles. The lowest BCUT2D eigenvalue weighted by molar-refractivity contribution is 0.102. The van der Waals surface area contributed by atoms with E-state index in [2.05, 4.69) is 17.3 Å². The second kappa shape index (κ2) is 10.2. The van der Waals surface area contributed by atoms with Crippen LogP contribution in [-0.4, -0.2) is 26.8 Å². The van der Waals surface area contributed by atoms with Crippen molar-refractivity contribution in [1.29, 1.82) is 0 Å². The van der Waals surface area contributed by atoms with Gasteiger partial charge in [0.05, 0.1) is 27.0 Å². The summed E-state index contributed by atoms with van der Waals surface area (Å²) in [5.41, 5.74) is 12.1. The molecule has 7 nitrogen and oxygen atoms in total. The van der Waals surface area contributed by atoms with Gasteiger partial charge in [-0.2, -0.15) is 5.10 Å². The molecule has 0 spiro atoms. The Hall–Kier alpha value is -3.62. The van der Waals surface area contributed by atoms with Crippen LogP contribution in [0.2, 0.25) is 5.02 Å². The molecule has 0 bridgehead atoms. The standard InChI is InChI=1S/C27H27ClN4O3S/c1-4-30-32(21-10-12-22(13-11-21)36(3,34)35)26-17(2)5-6-18-7-9-20(16-23(18)26)31-27(33)19-8-14-24(28)25(29)15-19/h4,7-16H,5-6,29H2,1-3H3,(H,31,33)/b30-4+. The zero-order valence-electron chi connectivity index (χ0n) is 20.2. The summed E-state index contributed by atoms with van der Waals surface area (Å²) in [6.07, 6.45) is 4.59. The zero-order valence-corrected chi connectivity index (χ0v) is 21.8. The van der Waals surface area contributed by atoms with Crippen molar-refractivity contribution in [1.82, 2.24) is 0 Å². The van der Waals surface area contributed by atoms with Crippen LogP contribution in [0.5, 0.6) is 0 Å². The van der Waals surface area contributed by atoms with E-state index in [4.69, 9.17) is 17.3 Å². The molecule has 0 aliphatic heterocycles. The van der Waals surface area contributed by atoms with Crippen molar-refractivity contribution in [2.24, 2.45) is 5.10 Å². The molecule has 1 amide bonds. The van der Waals surface area contributed by atoms with Crippen LogP contribution in [0.1, 0.15) is 41.8 Å². The minimum Gasteiger partial charge on any atom is -0.398 e. The number of rotatable bonds is 6. The number of allylic oxidation sites excluding steroid dienone is 1. The highest BCUT2D eigenvalue weighted by Gasteiger charge is 2.24. The molecular weight excluding hydrogens is 496 g/mol. The van der Waals surface area contributed by atoms with E-state index in [0.717, 1.165) is 40.9 Å². The maximum atomic E-state index is 12.9. The Balaban J connectivity index is 1.71. The first-order valence-corrected chi connectivity index (χ1v) is 13.6. The third-order valence-electron chi connectivity index (χ3n) is 6.01. The lowest BCUT2D eigenvalue weighted by Gasteiger charge is -2.30. The van der Waals surface area contributed by atoms with Crippen molar-refractivity contribution in [3.05, 3.63) is 87.9 Å². The van der Waals surface area contributed by atoms with E-state index in [0.29, 0.717) is 22.0 Å². The molecule has 4 rings (SSSR count). The Morgan fingerprint density at radius 1 is 1.08 bits per heavy atom. The van der Waals surface area contributed by atoms with E-state index in [1.807, 2.05) is 30.1 Å². The molecule has 1 aliphatic carbocycles. The summed E-state index contributed by atoms with van der Waals surface area (Å²) in [4.78, 5) is 13.1. The first-order chi connectivity index (χ1) is 17.1. The fourth-order valence-corrected chi connectivity index (χ4v) is 4.90. The van der Waals surface area contributed by atoms with Gasteiger partial charge in [-0.3, -0.25) is 4.79 Å². The second-order valence-corrected chi connectivity index (χ2v) is 11.1. The van der Waals surface area contributed by atoms with Crippen LogP contribution >= 0.6 is 11.6 Å². The number of hydrogen-bond donors (Lipinski definition) is 2. The lowest BCUT2D eigenvalue weighted by Crippen LogP contribution is -2.21. The van der Waals surface area contributed by atoms with Gasteiger partial charge < -0.3 is 11.1 Å². The van der Waals surface area contributed by atoms with Gasteiger partial charge in [0.1, 0.15) is 0 Å². The van der Waals surface area contributed by atoms with Crippen LogP contribution in [0.3, 0.4) is 0 Å². The largest absolute Gasteiger partial charge is 0.398 e. The molecule has 3 aromatic rings. The van der Waals surface area contributed by atoms with Crippen LogP contribution in [0.25, 0.3) is 5.70 Å². The molecule has 0 fully saturated rings. The van der Waals surface area contributed by atoms with E-state index < -0.39 is 9.84 Å². The van der Waals surface area contributed by atoms with Crippen LogP contribution in [-0.2, 0) is 16.3 Å². The van der Waals surface area contributed by atoms with Gasteiger partial charge in [-0.15, -0.1) is 0 Å². The van der Waals surface area contributed by atoms with Gasteiger partial charge in [0.2, 0.25) is 0 Å². The number of anilines is 3. The van der Waals surface area contributed by atoms with E-state index in [9.17, 15) is 13.2 Å². The molecule has 0 saturated carbocycles. The van der Waals surface area contributed by atoms with Crippen LogP contribution in [0.4, 0.5) is 17.1 Å². The van der Waals surface area contributed by atoms with Gasteiger partial charge in [0.15, 0.2) is 9.84 Å². The molecule has 3 aromatic carbocycles. The summed E-state index contributed by atoms with van der Waals surface area (Å²) in [5.74, 6) is -0.295. The number of amides is 1. The van der Waals surface area contributed by atoms with Crippen molar-refractivity contribution in [2.75, 3.05) is 22.3 Å². The first-order valence-electron chi connectivity index (χ1n) is 11.4. The number of aryl methyl sites for hydroxylation is 1. The number of halogens is 1. The van der Waals surface area contributed by atoms with Crippen molar-refractivity contribution in [3.8, 4) is 0 Å². The van der Waals surface area contributed by atoms with Gasteiger partial charge in [0, 0.05) is 29.3 Å². The first kappa shape index (κ1) is 25.5. The van der Waals surface area contributed by atoms with Crippen LogP contribution in [0.15, 0.2) is 76.2 Å². The van der Waals surface area contributed by atoms with Crippen molar-refractivity contribution in [3.63, 3.8) is 0 Å². The number of nitrogens with two attached hydrogens (primary N) is 1. The number of benzene rings is 3. The molecule has 0 heterocycles. The molecule has 36 heavy (non-hydrogen) atoms. The number of sulfone groups is 1. The normalized spacial score (nSPS) is 13.6. The molecule has 0 unspecified atom stereocenters. The number of fused-ring (bicyclic) bond motifs is 1. The molecule has 186 valence electrons. The maximum Gasteiger partial charge on any atom is 0.255 e. The highest BCUT2D eigenvalue weighted by Crippen LogP contribution is 2.38. The number of carbonyl (C=O) groups is 1. The van der Waals surface area contributed by atoms with Gasteiger partial charge >= 0.3 is 0 Å². The Kier molecular flexibility index (Phi) is 7.19. The fourth-order valence-electron chi connectivity index (χ4n) is 4.15. The molecule has 0 radical (unpaired) electrons. The quantitative estimate of drug-likeness (QED) is 0.243. The molecular formula is C27H27ClN4O3S. The van der Waals surface area contributed by atoms with Crippen molar-refractivity contribution in [2.45, 2.75) is 31.6 Å². The maximum absolute atomic E-state index is 12.9. The number of carbonyl (C=O) groups excluding carboxylic acids is 1. The number of hydrogen-bond acceptors (Lipinski definition) is 6. The summed E-state index contributed by atoms with van der Waals surface area (Å²) in [6.45, 7) is 3.88. The van der Waals surface area contributed by atoms with E-state index >= 15 is 0 Å². The zero-order chi connectivity index (χ0) is 26.0. The second-order valence-electron chi connectivity index (χ2n) is 8.64. The smallest absolute Gasteiger partial charge is 0.255 e. The molecule has 1 aliphatic rings. The van der Waals surface area contributed by atoms with Gasteiger partial charge in [-0.05, 0) is 92.4 Å². The fraction of sp³-hybridized carbons (Fsp3) is 0.185.